The van der Waals surface area contributed by atoms with Crippen molar-refractivity contribution in [2.24, 2.45) is 7.05 Å². The standard InChI is InChI=1S/C16H19N5/c1-10-18-14-7-6-11(8-15(14)19-10)20-13-4-3-5-16-12(13)9-17-21(16)2/h6-9,13,20H,3-5H2,1-2H3,(H,18,19). The van der Waals surface area contributed by atoms with Crippen LogP contribution < -0.4 is 5.32 Å². The molecule has 108 valence electrons. The van der Waals surface area contributed by atoms with Crippen molar-refractivity contribution in [2.45, 2.75) is 32.2 Å². The van der Waals surface area contributed by atoms with Crippen molar-refractivity contribution in [1.29, 1.82) is 0 Å². The molecule has 1 aliphatic rings. The average Bonchev–Trinajstić information content (AvgIpc) is 3.02. The molecule has 2 heterocycles. The molecule has 0 bridgehead atoms. The van der Waals surface area contributed by atoms with E-state index in [0.29, 0.717) is 6.04 Å². The number of nitrogens with zero attached hydrogens (tertiary/aromatic N) is 3. The Morgan fingerprint density at radius 2 is 2.29 bits per heavy atom. The summed E-state index contributed by atoms with van der Waals surface area (Å²) < 4.78 is 2.00. The Hall–Kier alpha value is -2.30. The van der Waals surface area contributed by atoms with Gasteiger partial charge < -0.3 is 10.3 Å². The van der Waals surface area contributed by atoms with E-state index in [4.69, 9.17) is 0 Å². The molecule has 1 aromatic carbocycles. The van der Waals surface area contributed by atoms with Gasteiger partial charge in [-0.3, -0.25) is 4.68 Å². The van der Waals surface area contributed by atoms with Crippen LogP contribution in [0.5, 0.6) is 0 Å². The van der Waals surface area contributed by atoms with Crippen LogP contribution in [0.4, 0.5) is 5.69 Å². The first-order valence-corrected chi connectivity index (χ1v) is 7.44. The van der Waals surface area contributed by atoms with Crippen molar-refractivity contribution in [2.75, 3.05) is 5.32 Å². The molecular formula is C16H19N5. The number of aryl methyl sites for hydroxylation is 2. The predicted octanol–water partition coefficient (Wildman–Crippen LogP) is 3.09. The van der Waals surface area contributed by atoms with Crippen molar-refractivity contribution < 1.29 is 0 Å². The molecule has 21 heavy (non-hydrogen) atoms. The summed E-state index contributed by atoms with van der Waals surface area (Å²) in [7, 11) is 2.03. The van der Waals surface area contributed by atoms with E-state index in [-0.39, 0.29) is 0 Å². The zero-order valence-electron chi connectivity index (χ0n) is 12.3. The molecule has 1 atom stereocenters. The maximum atomic E-state index is 4.44. The van der Waals surface area contributed by atoms with Gasteiger partial charge in [-0.15, -0.1) is 0 Å². The highest BCUT2D eigenvalue weighted by Crippen LogP contribution is 2.32. The van der Waals surface area contributed by atoms with Gasteiger partial charge in [0.25, 0.3) is 0 Å². The lowest BCUT2D eigenvalue weighted by atomic mass is 9.93. The van der Waals surface area contributed by atoms with Gasteiger partial charge in [0, 0.05) is 24.0 Å². The highest BCUT2D eigenvalue weighted by molar-refractivity contribution is 5.79. The number of H-pyrrole nitrogens is 1. The molecule has 0 fully saturated rings. The van der Waals surface area contributed by atoms with E-state index in [9.17, 15) is 0 Å². The van der Waals surface area contributed by atoms with Crippen LogP contribution in [0.3, 0.4) is 0 Å². The largest absolute Gasteiger partial charge is 0.378 e. The Kier molecular flexibility index (Phi) is 2.74. The molecule has 2 N–H and O–H groups in total. The van der Waals surface area contributed by atoms with Gasteiger partial charge >= 0.3 is 0 Å². The quantitative estimate of drug-likeness (QED) is 0.759. The second-order valence-corrected chi connectivity index (χ2v) is 5.81. The van der Waals surface area contributed by atoms with Crippen LogP contribution in [0.15, 0.2) is 24.4 Å². The van der Waals surface area contributed by atoms with Crippen LogP contribution >= 0.6 is 0 Å². The number of aromatic nitrogens is 4. The number of benzene rings is 1. The maximum Gasteiger partial charge on any atom is 0.104 e. The third-order valence-corrected chi connectivity index (χ3v) is 4.32. The first kappa shape index (κ1) is 12.4. The monoisotopic (exact) mass is 281 g/mol. The van der Waals surface area contributed by atoms with Crippen LogP contribution in [-0.4, -0.2) is 19.7 Å². The van der Waals surface area contributed by atoms with E-state index in [1.54, 1.807) is 0 Å². The second-order valence-electron chi connectivity index (χ2n) is 5.81. The molecule has 3 aromatic rings. The molecule has 1 aliphatic carbocycles. The van der Waals surface area contributed by atoms with E-state index < -0.39 is 0 Å². The Balaban J connectivity index is 1.65. The Morgan fingerprint density at radius 1 is 1.38 bits per heavy atom. The number of imidazole rings is 1. The molecule has 5 nitrogen and oxygen atoms in total. The lowest BCUT2D eigenvalue weighted by Crippen LogP contribution is -2.17. The van der Waals surface area contributed by atoms with Crippen molar-refractivity contribution >= 4 is 16.7 Å². The highest BCUT2D eigenvalue weighted by Gasteiger charge is 2.23. The van der Waals surface area contributed by atoms with Crippen LogP contribution in [0.2, 0.25) is 0 Å². The molecule has 4 rings (SSSR count). The van der Waals surface area contributed by atoms with Gasteiger partial charge in [-0.05, 0) is 44.4 Å². The van der Waals surface area contributed by atoms with Crippen molar-refractivity contribution in [1.82, 2.24) is 19.7 Å². The predicted molar refractivity (Wildman–Crippen MR) is 83.3 cm³/mol. The third kappa shape index (κ3) is 2.09. The fourth-order valence-electron chi connectivity index (χ4n) is 3.28. The normalized spacial score (nSPS) is 17.9. The van der Waals surface area contributed by atoms with Gasteiger partial charge in [0.2, 0.25) is 0 Å². The summed E-state index contributed by atoms with van der Waals surface area (Å²) in [6, 6.07) is 6.66. The van der Waals surface area contributed by atoms with Crippen LogP contribution in [0.25, 0.3) is 11.0 Å². The van der Waals surface area contributed by atoms with Crippen LogP contribution in [-0.2, 0) is 13.5 Å². The number of rotatable bonds is 2. The first-order chi connectivity index (χ1) is 10.2. The minimum absolute atomic E-state index is 0.351. The van der Waals surface area contributed by atoms with E-state index in [0.717, 1.165) is 35.4 Å². The topological polar surface area (TPSA) is 58.5 Å². The van der Waals surface area contributed by atoms with E-state index in [2.05, 4.69) is 38.6 Å². The van der Waals surface area contributed by atoms with Gasteiger partial charge in [-0.1, -0.05) is 0 Å². The number of hydrogen-bond acceptors (Lipinski definition) is 3. The van der Waals surface area contributed by atoms with Crippen molar-refractivity contribution in [3.63, 3.8) is 0 Å². The average molecular weight is 281 g/mol. The van der Waals surface area contributed by atoms with Gasteiger partial charge in [0.05, 0.1) is 23.3 Å². The number of fused-ring (bicyclic) bond motifs is 2. The van der Waals surface area contributed by atoms with Crippen molar-refractivity contribution in [3.8, 4) is 0 Å². The summed E-state index contributed by atoms with van der Waals surface area (Å²) in [6.07, 6.45) is 5.49. The van der Waals surface area contributed by atoms with Gasteiger partial charge in [-0.25, -0.2) is 4.98 Å². The summed E-state index contributed by atoms with van der Waals surface area (Å²) in [4.78, 5) is 7.74. The summed E-state index contributed by atoms with van der Waals surface area (Å²) in [5, 5.41) is 8.05. The lowest BCUT2D eigenvalue weighted by molar-refractivity contribution is 0.571. The highest BCUT2D eigenvalue weighted by atomic mass is 15.3. The molecule has 2 aromatic heterocycles. The van der Waals surface area contributed by atoms with Gasteiger partial charge in [-0.2, -0.15) is 5.10 Å². The van der Waals surface area contributed by atoms with E-state index in [1.807, 2.05) is 24.9 Å². The molecule has 1 unspecified atom stereocenters. The lowest BCUT2D eigenvalue weighted by Gasteiger charge is -2.24. The zero-order valence-corrected chi connectivity index (χ0v) is 12.3. The molecule has 5 heteroatoms. The molecular weight excluding hydrogens is 262 g/mol. The number of aromatic amines is 1. The molecule has 0 saturated carbocycles. The summed E-state index contributed by atoms with van der Waals surface area (Å²) in [5.41, 5.74) is 5.93. The van der Waals surface area contributed by atoms with E-state index in [1.165, 1.54) is 17.7 Å². The van der Waals surface area contributed by atoms with Crippen molar-refractivity contribution in [3.05, 3.63) is 41.5 Å². The molecule has 0 amide bonds. The summed E-state index contributed by atoms with van der Waals surface area (Å²) in [5.74, 6) is 0.953. The Labute approximate surface area is 123 Å². The number of nitrogens with one attached hydrogen (secondary N) is 2. The summed E-state index contributed by atoms with van der Waals surface area (Å²) >= 11 is 0. The number of hydrogen-bond donors (Lipinski definition) is 2. The van der Waals surface area contributed by atoms with E-state index >= 15 is 0 Å². The fourth-order valence-corrected chi connectivity index (χ4v) is 3.28. The minimum Gasteiger partial charge on any atom is -0.378 e. The maximum absolute atomic E-state index is 4.44. The molecule has 0 saturated heterocycles. The number of anilines is 1. The third-order valence-electron chi connectivity index (χ3n) is 4.32. The minimum atomic E-state index is 0.351. The SMILES string of the molecule is Cc1nc2ccc(NC3CCCc4c3cnn4C)cc2[nH]1. The fraction of sp³-hybridized carbons (Fsp3) is 0.375. The molecule has 0 spiro atoms. The smallest absolute Gasteiger partial charge is 0.104 e. The van der Waals surface area contributed by atoms with Gasteiger partial charge in [0.15, 0.2) is 0 Å². The zero-order chi connectivity index (χ0) is 14.4. The molecule has 0 radical (unpaired) electrons. The van der Waals surface area contributed by atoms with Crippen LogP contribution in [0.1, 0.15) is 36.0 Å². The summed E-state index contributed by atoms with van der Waals surface area (Å²) in [6.45, 7) is 1.98. The van der Waals surface area contributed by atoms with Crippen LogP contribution in [0, 0.1) is 6.92 Å². The van der Waals surface area contributed by atoms with Gasteiger partial charge in [0.1, 0.15) is 5.82 Å². The first-order valence-electron chi connectivity index (χ1n) is 7.44. The molecule has 0 aliphatic heterocycles. The Morgan fingerprint density at radius 3 is 3.19 bits per heavy atom. The second kappa shape index (κ2) is 4.62. The Bertz CT molecular complexity index is 798.